The van der Waals surface area contributed by atoms with Crippen LogP contribution in [0.15, 0.2) is 56.3 Å². The second-order valence-electron chi connectivity index (χ2n) is 6.75. The number of phenols is 1. The van der Waals surface area contributed by atoms with Crippen molar-refractivity contribution in [2.75, 3.05) is 14.1 Å². The largest absolute Gasteiger partial charge is 0.507 e. The summed E-state index contributed by atoms with van der Waals surface area (Å²) in [5, 5.41) is 11.8. The first-order chi connectivity index (χ1) is 12.5. The number of benzene rings is 2. The van der Waals surface area contributed by atoms with Crippen molar-refractivity contribution >= 4 is 21.9 Å². The fourth-order valence-corrected chi connectivity index (χ4v) is 3.24. The van der Waals surface area contributed by atoms with E-state index >= 15 is 0 Å². The second-order valence-corrected chi connectivity index (χ2v) is 6.75. The van der Waals surface area contributed by atoms with Gasteiger partial charge in [-0.15, -0.1) is 0 Å². The van der Waals surface area contributed by atoms with Crippen LogP contribution in [-0.2, 0) is 6.54 Å². The topological polar surface area (TPSA) is 66.8 Å². The molecule has 0 spiro atoms. The molecule has 5 nitrogen and oxygen atoms in total. The zero-order chi connectivity index (χ0) is 18.4. The van der Waals surface area contributed by atoms with Crippen molar-refractivity contribution in [2.45, 2.75) is 13.5 Å². The number of para-hydroxylation sites is 1. The third kappa shape index (κ3) is 2.57. The molecule has 0 radical (unpaired) electrons. The summed E-state index contributed by atoms with van der Waals surface area (Å²) in [6.45, 7) is 2.28. The molecule has 4 aromatic rings. The first-order valence-corrected chi connectivity index (χ1v) is 8.36. The lowest BCUT2D eigenvalue weighted by molar-refractivity contribution is 0.385. The van der Waals surface area contributed by atoms with Gasteiger partial charge < -0.3 is 18.8 Å². The summed E-state index contributed by atoms with van der Waals surface area (Å²) in [4.78, 5) is 15.0. The van der Waals surface area contributed by atoms with Gasteiger partial charge in [0, 0.05) is 23.1 Å². The molecule has 0 saturated heterocycles. The molecule has 1 N–H and O–H groups in total. The van der Waals surface area contributed by atoms with Gasteiger partial charge in [-0.05, 0) is 39.2 Å². The minimum Gasteiger partial charge on any atom is -0.507 e. The summed E-state index contributed by atoms with van der Waals surface area (Å²) in [6, 6.07) is 11.1. The number of furan rings is 1. The Labute approximate surface area is 150 Å². The van der Waals surface area contributed by atoms with Gasteiger partial charge in [-0.1, -0.05) is 18.2 Å². The highest BCUT2D eigenvalue weighted by atomic mass is 16.3. The van der Waals surface area contributed by atoms with Crippen LogP contribution >= 0.6 is 0 Å². The van der Waals surface area contributed by atoms with E-state index < -0.39 is 0 Å². The summed E-state index contributed by atoms with van der Waals surface area (Å²) >= 11 is 0. The van der Waals surface area contributed by atoms with Crippen molar-refractivity contribution in [1.29, 1.82) is 0 Å². The van der Waals surface area contributed by atoms with Crippen LogP contribution in [0, 0.1) is 6.92 Å². The van der Waals surface area contributed by atoms with Crippen molar-refractivity contribution in [2.24, 2.45) is 0 Å². The number of hydrogen-bond donors (Lipinski definition) is 1. The van der Waals surface area contributed by atoms with E-state index in [9.17, 15) is 9.90 Å². The van der Waals surface area contributed by atoms with Gasteiger partial charge in [0.25, 0.3) is 0 Å². The zero-order valence-electron chi connectivity index (χ0n) is 14.9. The lowest BCUT2D eigenvalue weighted by Gasteiger charge is -2.14. The highest BCUT2D eigenvalue weighted by Gasteiger charge is 2.18. The minimum absolute atomic E-state index is 0.158. The molecular weight excluding hydrogens is 330 g/mol. The fraction of sp³-hybridized carbons (Fsp3) is 0.190. The Balaban J connectivity index is 1.96. The molecule has 0 aliphatic rings. The molecule has 0 fully saturated rings. The van der Waals surface area contributed by atoms with Crippen LogP contribution in [0.3, 0.4) is 0 Å². The summed E-state index contributed by atoms with van der Waals surface area (Å²) in [7, 11) is 3.82. The highest BCUT2D eigenvalue weighted by molar-refractivity contribution is 5.88. The maximum absolute atomic E-state index is 13.1. The maximum atomic E-state index is 13.1. The van der Waals surface area contributed by atoms with E-state index in [1.165, 1.54) is 6.26 Å². The summed E-state index contributed by atoms with van der Waals surface area (Å²) < 4.78 is 11.5. The van der Waals surface area contributed by atoms with Crippen LogP contribution < -0.4 is 5.43 Å². The van der Waals surface area contributed by atoms with Gasteiger partial charge in [0.2, 0.25) is 5.43 Å². The van der Waals surface area contributed by atoms with Crippen LogP contribution in [0.4, 0.5) is 0 Å². The first kappa shape index (κ1) is 16.4. The number of aromatic hydroxyl groups is 1. The molecule has 0 saturated carbocycles. The van der Waals surface area contributed by atoms with E-state index in [0.717, 1.165) is 11.0 Å². The lowest BCUT2D eigenvalue weighted by atomic mass is 10.0. The SMILES string of the molecule is Cc1c(O)c(CN(C)C)cc2c(=O)c(-c3cc4ccccc4o3)coc12. The van der Waals surface area contributed by atoms with Crippen LogP contribution in [0.1, 0.15) is 11.1 Å². The van der Waals surface area contributed by atoms with Crippen LogP contribution in [0.25, 0.3) is 33.3 Å². The van der Waals surface area contributed by atoms with Gasteiger partial charge in [-0.25, -0.2) is 0 Å². The Morgan fingerprint density at radius 1 is 1.15 bits per heavy atom. The van der Waals surface area contributed by atoms with Gasteiger partial charge >= 0.3 is 0 Å². The van der Waals surface area contributed by atoms with Gasteiger partial charge in [0.1, 0.15) is 34.5 Å². The number of rotatable bonds is 3. The molecule has 0 atom stereocenters. The average Bonchev–Trinajstić information content (AvgIpc) is 3.03. The highest BCUT2D eigenvalue weighted by Crippen LogP contribution is 2.32. The van der Waals surface area contributed by atoms with Crippen LogP contribution in [-0.4, -0.2) is 24.1 Å². The zero-order valence-corrected chi connectivity index (χ0v) is 14.9. The van der Waals surface area contributed by atoms with Crippen molar-refractivity contribution in [3.8, 4) is 17.1 Å². The second kappa shape index (κ2) is 6.04. The monoisotopic (exact) mass is 349 g/mol. The molecule has 0 aliphatic heterocycles. The Hall–Kier alpha value is -3.05. The van der Waals surface area contributed by atoms with Crippen LogP contribution in [0.5, 0.6) is 5.75 Å². The normalized spacial score (nSPS) is 11.7. The molecule has 0 unspecified atom stereocenters. The average molecular weight is 349 g/mol. The molecule has 132 valence electrons. The van der Waals surface area contributed by atoms with Crippen molar-refractivity contribution < 1.29 is 13.9 Å². The Kier molecular flexibility index (Phi) is 3.81. The van der Waals surface area contributed by atoms with E-state index in [0.29, 0.717) is 40.0 Å². The van der Waals surface area contributed by atoms with E-state index in [-0.39, 0.29) is 11.2 Å². The number of aryl methyl sites for hydroxylation is 1. The van der Waals surface area contributed by atoms with Gasteiger partial charge in [0.15, 0.2) is 0 Å². The van der Waals surface area contributed by atoms with E-state index in [4.69, 9.17) is 8.83 Å². The molecule has 0 amide bonds. The first-order valence-electron chi connectivity index (χ1n) is 8.36. The van der Waals surface area contributed by atoms with E-state index in [1.54, 1.807) is 13.0 Å². The van der Waals surface area contributed by atoms with Gasteiger partial charge in [-0.3, -0.25) is 4.79 Å². The third-order valence-corrected chi connectivity index (χ3v) is 4.52. The Bertz CT molecular complexity index is 1150. The Morgan fingerprint density at radius 3 is 2.65 bits per heavy atom. The number of hydrogen-bond acceptors (Lipinski definition) is 5. The van der Waals surface area contributed by atoms with E-state index in [2.05, 4.69) is 0 Å². The molecule has 0 aliphatic carbocycles. The Morgan fingerprint density at radius 2 is 1.92 bits per heavy atom. The third-order valence-electron chi connectivity index (χ3n) is 4.52. The van der Waals surface area contributed by atoms with Crippen LogP contribution in [0.2, 0.25) is 0 Å². The molecule has 2 heterocycles. The molecule has 4 rings (SSSR count). The maximum Gasteiger partial charge on any atom is 0.203 e. The predicted molar refractivity (Wildman–Crippen MR) is 101 cm³/mol. The summed E-state index contributed by atoms with van der Waals surface area (Å²) in [6.07, 6.45) is 1.40. The predicted octanol–water partition coefficient (Wildman–Crippen LogP) is 4.28. The molecular formula is C21H19NO4. The quantitative estimate of drug-likeness (QED) is 0.598. The van der Waals surface area contributed by atoms with Crippen molar-refractivity contribution in [3.05, 3.63) is 64.0 Å². The summed E-state index contributed by atoms with van der Waals surface area (Å²) in [5.74, 6) is 0.632. The number of nitrogens with zero attached hydrogens (tertiary/aromatic N) is 1. The minimum atomic E-state index is -0.173. The molecule has 0 bridgehead atoms. The molecule has 2 aromatic carbocycles. The standard InChI is InChI=1S/C21H19NO4/c1-12-19(23)14(10-22(2)3)8-15-20(24)16(11-25-21(12)15)18-9-13-6-4-5-7-17(13)26-18/h4-9,11,23H,10H2,1-3H3. The molecule has 5 heteroatoms. The fourth-order valence-electron chi connectivity index (χ4n) is 3.24. The molecule has 2 aromatic heterocycles. The number of phenolic OH excluding ortho intramolecular Hbond substituents is 1. The summed E-state index contributed by atoms with van der Waals surface area (Å²) in [5.41, 5.74) is 2.57. The number of fused-ring (bicyclic) bond motifs is 2. The lowest BCUT2D eigenvalue weighted by Crippen LogP contribution is -2.12. The van der Waals surface area contributed by atoms with Crippen molar-refractivity contribution in [1.82, 2.24) is 4.90 Å². The van der Waals surface area contributed by atoms with Crippen molar-refractivity contribution in [3.63, 3.8) is 0 Å². The van der Waals surface area contributed by atoms with Gasteiger partial charge in [0.05, 0.1) is 5.39 Å². The van der Waals surface area contributed by atoms with Gasteiger partial charge in [-0.2, -0.15) is 0 Å². The molecule has 26 heavy (non-hydrogen) atoms. The van der Waals surface area contributed by atoms with E-state index in [1.807, 2.05) is 49.3 Å². The smallest absolute Gasteiger partial charge is 0.203 e.